The van der Waals surface area contributed by atoms with E-state index in [0.717, 1.165) is 5.56 Å². The number of nitrogens with zero attached hydrogens (tertiary/aromatic N) is 1. The van der Waals surface area contributed by atoms with Gasteiger partial charge in [0.15, 0.2) is 0 Å². The molecule has 8 heteroatoms. The summed E-state index contributed by atoms with van der Waals surface area (Å²) in [4.78, 5) is 35.0. The third kappa shape index (κ3) is 3.40. The molecule has 0 unspecified atom stereocenters. The summed E-state index contributed by atoms with van der Waals surface area (Å²) in [6.45, 7) is 1.10. The molecule has 2 rings (SSSR count). The molecule has 1 aliphatic rings. The molecular formula is C13H9Cl2NO4S. The van der Waals surface area contributed by atoms with Crippen LogP contribution in [0, 0.1) is 6.92 Å². The normalized spacial score (nSPS) is 16.9. The third-order valence-electron chi connectivity index (χ3n) is 2.77. The summed E-state index contributed by atoms with van der Waals surface area (Å²) in [5, 5.41) is 8.95. The molecule has 5 nitrogen and oxygen atoms in total. The Morgan fingerprint density at radius 3 is 2.43 bits per heavy atom. The molecule has 0 atom stereocenters. The molecule has 0 saturated carbocycles. The first-order valence-corrected chi connectivity index (χ1v) is 7.29. The van der Waals surface area contributed by atoms with Crippen molar-refractivity contribution in [2.75, 3.05) is 6.54 Å². The van der Waals surface area contributed by atoms with Crippen molar-refractivity contribution in [1.29, 1.82) is 0 Å². The number of amides is 2. The van der Waals surface area contributed by atoms with Crippen LogP contribution in [0.25, 0.3) is 6.08 Å². The van der Waals surface area contributed by atoms with Gasteiger partial charge in [-0.15, -0.1) is 0 Å². The average Bonchev–Trinajstić information content (AvgIpc) is 2.63. The standard InChI is InChI=1S/C13H9Cl2NO4S/c1-6-8(14)2-7(3-9(6)15)4-10-12(19)16(5-11(17)18)13(20)21-10/h2-4H,5H2,1H3,(H,17,18)/b10-4-. The maximum absolute atomic E-state index is 12.0. The SMILES string of the molecule is Cc1c(Cl)cc(/C=C2\SC(=O)N(CC(=O)O)C2=O)cc1Cl. The second kappa shape index (κ2) is 6.09. The van der Waals surface area contributed by atoms with Crippen LogP contribution >= 0.6 is 35.0 Å². The number of rotatable bonds is 3. The van der Waals surface area contributed by atoms with E-state index in [-0.39, 0.29) is 4.91 Å². The number of benzene rings is 1. The first-order chi connectivity index (χ1) is 9.79. The quantitative estimate of drug-likeness (QED) is 0.849. The fourth-order valence-corrected chi connectivity index (χ4v) is 3.01. The Morgan fingerprint density at radius 2 is 1.90 bits per heavy atom. The Bertz CT molecular complexity index is 664. The minimum atomic E-state index is -1.25. The van der Waals surface area contributed by atoms with Crippen molar-refractivity contribution in [1.82, 2.24) is 4.90 Å². The number of hydrogen-bond acceptors (Lipinski definition) is 4. The van der Waals surface area contributed by atoms with E-state index in [1.165, 1.54) is 6.08 Å². The van der Waals surface area contributed by atoms with Crippen LogP contribution in [0.15, 0.2) is 17.0 Å². The monoisotopic (exact) mass is 345 g/mol. The number of carboxylic acids is 1. The predicted molar refractivity (Wildman–Crippen MR) is 81.5 cm³/mol. The number of thioether (sulfide) groups is 1. The molecule has 0 aromatic heterocycles. The molecule has 0 spiro atoms. The highest BCUT2D eigenvalue weighted by Gasteiger charge is 2.36. The number of carboxylic acid groups (broad SMARTS) is 1. The van der Waals surface area contributed by atoms with Crippen molar-refractivity contribution in [3.63, 3.8) is 0 Å². The zero-order chi connectivity index (χ0) is 15.7. The fraction of sp³-hybridized carbons (Fsp3) is 0.154. The van der Waals surface area contributed by atoms with Crippen molar-refractivity contribution in [2.45, 2.75) is 6.92 Å². The lowest BCUT2D eigenvalue weighted by Gasteiger charge is -2.08. The molecule has 0 radical (unpaired) electrons. The van der Waals surface area contributed by atoms with E-state index in [4.69, 9.17) is 28.3 Å². The molecule has 110 valence electrons. The van der Waals surface area contributed by atoms with Crippen LogP contribution in [0.4, 0.5) is 4.79 Å². The van der Waals surface area contributed by atoms with Gasteiger partial charge in [-0.2, -0.15) is 0 Å². The summed E-state index contributed by atoms with van der Waals surface area (Å²) in [5.41, 5.74) is 1.28. The van der Waals surface area contributed by atoms with E-state index in [9.17, 15) is 14.4 Å². The van der Waals surface area contributed by atoms with Crippen LogP contribution < -0.4 is 0 Å². The molecule has 0 aliphatic carbocycles. The number of hydrogen-bond donors (Lipinski definition) is 1. The molecule has 1 heterocycles. The van der Waals surface area contributed by atoms with Gasteiger partial charge in [-0.1, -0.05) is 23.2 Å². The van der Waals surface area contributed by atoms with Crippen LogP contribution in [0.5, 0.6) is 0 Å². The van der Waals surface area contributed by atoms with E-state index in [1.807, 2.05) is 0 Å². The largest absolute Gasteiger partial charge is 0.480 e. The second-order valence-electron chi connectivity index (χ2n) is 4.27. The van der Waals surface area contributed by atoms with E-state index in [1.54, 1.807) is 19.1 Å². The van der Waals surface area contributed by atoms with Crippen molar-refractivity contribution in [2.24, 2.45) is 0 Å². The lowest BCUT2D eigenvalue weighted by Crippen LogP contribution is -2.33. The summed E-state index contributed by atoms with van der Waals surface area (Å²) < 4.78 is 0. The Hall–Kier alpha value is -1.50. The number of carbonyl (C=O) groups is 3. The van der Waals surface area contributed by atoms with Gasteiger partial charge in [-0.05, 0) is 48.0 Å². The molecule has 1 saturated heterocycles. The molecule has 1 aromatic carbocycles. The van der Waals surface area contributed by atoms with Gasteiger partial charge in [0.05, 0.1) is 4.91 Å². The molecule has 1 aliphatic heterocycles. The van der Waals surface area contributed by atoms with Crippen LogP contribution in [-0.4, -0.2) is 33.7 Å². The summed E-state index contributed by atoms with van der Waals surface area (Å²) in [7, 11) is 0. The van der Waals surface area contributed by atoms with Crippen LogP contribution in [-0.2, 0) is 9.59 Å². The summed E-state index contributed by atoms with van der Waals surface area (Å²) >= 11 is 12.7. The minimum absolute atomic E-state index is 0.136. The molecular weight excluding hydrogens is 337 g/mol. The van der Waals surface area contributed by atoms with E-state index in [0.29, 0.717) is 32.3 Å². The fourth-order valence-electron chi connectivity index (χ4n) is 1.67. The maximum atomic E-state index is 12.0. The summed E-state index contributed by atoms with van der Waals surface area (Å²) in [6, 6.07) is 3.24. The lowest BCUT2D eigenvalue weighted by atomic mass is 10.1. The molecule has 1 N–H and O–H groups in total. The lowest BCUT2D eigenvalue weighted by molar-refractivity contribution is -0.140. The van der Waals surface area contributed by atoms with Crippen molar-refractivity contribution in [3.05, 3.63) is 38.2 Å². The first kappa shape index (κ1) is 15.9. The topological polar surface area (TPSA) is 74.7 Å². The number of imide groups is 1. The van der Waals surface area contributed by atoms with E-state index < -0.39 is 23.7 Å². The molecule has 1 fully saturated rings. The molecule has 1 aromatic rings. The van der Waals surface area contributed by atoms with Gasteiger partial charge in [0.1, 0.15) is 6.54 Å². The highest BCUT2D eigenvalue weighted by molar-refractivity contribution is 8.18. The average molecular weight is 346 g/mol. The molecule has 21 heavy (non-hydrogen) atoms. The van der Waals surface area contributed by atoms with E-state index in [2.05, 4.69) is 0 Å². The second-order valence-corrected chi connectivity index (χ2v) is 6.08. The Labute approximate surface area is 134 Å². The predicted octanol–water partition coefficient (Wildman–Crippen LogP) is 3.42. The van der Waals surface area contributed by atoms with Gasteiger partial charge in [0.25, 0.3) is 11.1 Å². The highest BCUT2D eigenvalue weighted by atomic mass is 35.5. The smallest absolute Gasteiger partial charge is 0.323 e. The zero-order valence-corrected chi connectivity index (χ0v) is 13.1. The summed E-state index contributed by atoms with van der Waals surface area (Å²) in [5.74, 6) is -1.89. The number of halogens is 2. The van der Waals surface area contributed by atoms with Gasteiger partial charge >= 0.3 is 5.97 Å². The first-order valence-electron chi connectivity index (χ1n) is 5.72. The van der Waals surface area contributed by atoms with Gasteiger partial charge in [0, 0.05) is 10.0 Å². The van der Waals surface area contributed by atoms with Crippen molar-refractivity contribution in [3.8, 4) is 0 Å². The highest BCUT2D eigenvalue weighted by Crippen LogP contribution is 2.33. The zero-order valence-electron chi connectivity index (χ0n) is 10.7. The van der Waals surface area contributed by atoms with Gasteiger partial charge in [-0.25, -0.2) is 0 Å². The molecule has 0 bridgehead atoms. The van der Waals surface area contributed by atoms with Crippen molar-refractivity contribution >= 4 is 58.2 Å². The van der Waals surface area contributed by atoms with Gasteiger partial charge < -0.3 is 5.11 Å². The number of carbonyl (C=O) groups excluding carboxylic acids is 2. The van der Waals surface area contributed by atoms with Crippen LogP contribution in [0.2, 0.25) is 10.0 Å². The molecule has 2 amide bonds. The Kier molecular flexibility index (Phi) is 4.61. The van der Waals surface area contributed by atoms with Crippen molar-refractivity contribution < 1.29 is 19.5 Å². The maximum Gasteiger partial charge on any atom is 0.323 e. The Balaban J connectivity index is 2.33. The Morgan fingerprint density at radius 1 is 1.33 bits per heavy atom. The van der Waals surface area contributed by atoms with Gasteiger partial charge in [-0.3, -0.25) is 19.3 Å². The number of aliphatic carboxylic acids is 1. The third-order valence-corrected chi connectivity index (χ3v) is 4.46. The minimum Gasteiger partial charge on any atom is -0.480 e. The van der Waals surface area contributed by atoms with Crippen LogP contribution in [0.1, 0.15) is 11.1 Å². The van der Waals surface area contributed by atoms with Gasteiger partial charge in [0.2, 0.25) is 0 Å². The van der Waals surface area contributed by atoms with Crippen LogP contribution in [0.3, 0.4) is 0 Å². The van der Waals surface area contributed by atoms with E-state index >= 15 is 0 Å². The summed E-state index contributed by atoms with van der Waals surface area (Å²) in [6.07, 6.45) is 1.46.